The summed E-state index contributed by atoms with van der Waals surface area (Å²) in [4.78, 5) is 17.9. The van der Waals surface area contributed by atoms with E-state index in [4.69, 9.17) is 14.5 Å². The Morgan fingerprint density at radius 3 is 2.63 bits per heavy atom. The van der Waals surface area contributed by atoms with Gasteiger partial charge in [0.05, 0.1) is 30.6 Å². The highest BCUT2D eigenvalue weighted by molar-refractivity contribution is 5.95. The number of aryl methyl sites for hydroxylation is 3. The average molecular weight is 474 g/mol. The first-order valence-electron chi connectivity index (χ1n) is 11.7. The summed E-state index contributed by atoms with van der Waals surface area (Å²) in [6.07, 6.45) is 2.53. The van der Waals surface area contributed by atoms with Crippen LogP contribution in [0.5, 0.6) is 0 Å². The molecule has 1 aromatic carbocycles. The van der Waals surface area contributed by atoms with Gasteiger partial charge in [-0.2, -0.15) is 5.10 Å². The van der Waals surface area contributed by atoms with Crippen LogP contribution in [0, 0.1) is 13.8 Å². The van der Waals surface area contributed by atoms with E-state index in [9.17, 15) is 9.90 Å². The zero-order valence-electron chi connectivity index (χ0n) is 19.8. The van der Waals surface area contributed by atoms with E-state index in [1.54, 1.807) is 12.1 Å². The Bertz CT molecular complexity index is 1440. The van der Waals surface area contributed by atoms with E-state index >= 15 is 0 Å². The highest BCUT2D eigenvalue weighted by atomic mass is 16.6. The van der Waals surface area contributed by atoms with Gasteiger partial charge in [-0.05, 0) is 31.5 Å². The monoisotopic (exact) mass is 473 g/mol. The van der Waals surface area contributed by atoms with Crippen molar-refractivity contribution in [3.8, 4) is 22.4 Å². The maximum atomic E-state index is 13.0. The fraction of sp³-hybridized carbons (Fsp3) is 0.346. The fourth-order valence-corrected chi connectivity index (χ4v) is 5.21. The van der Waals surface area contributed by atoms with Crippen molar-refractivity contribution in [2.24, 2.45) is 7.05 Å². The normalized spacial score (nSPS) is 23.7. The van der Waals surface area contributed by atoms with Gasteiger partial charge in [0.25, 0.3) is 5.91 Å². The minimum atomic E-state index is -0.650. The van der Waals surface area contributed by atoms with Gasteiger partial charge in [-0.25, -0.2) is 4.98 Å². The molecular formula is C26H27N5O4. The molecule has 35 heavy (non-hydrogen) atoms. The quantitative estimate of drug-likeness (QED) is 0.472. The van der Waals surface area contributed by atoms with Gasteiger partial charge in [0, 0.05) is 41.8 Å². The van der Waals surface area contributed by atoms with E-state index in [1.807, 2.05) is 54.5 Å². The maximum Gasteiger partial charge on any atom is 0.251 e. The third kappa shape index (κ3) is 3.63. The van der Waals surface area contributed by atoms with Crippen molar-refractivity contribution in [2.75, 3.05) is 13.2 Å². The molecule has 0 bridgehead atoms. The molecule has 0 aliphatic carbocycles. The molecule has 4 atom stereocenters. The molecule has 0 saturated carbocycles. The standard InChI is InChI=1S/C26H27N5O4/c1-14-19(11-30(3)29-14)17-6-4-5-7-18(17)23-15(2)31-9-8-16(10-22(31)28-23)26(33)27-20-12-34-25-21(32)13-35-24(20)25/h4-11,20-21,24-25,32H,12-13H2,1-3H3,(H,27,33)/t20-,21-,24-,25-/m1/s1. The van der Waals surface area contributed by atoms with Gasteiger partial charge in [-0.15, -0.1) is 0 Å². The number of amides is 1. The Hall–Kier alpha value is -3.53. The SMILES string of the molecule is Cc1nn(C)cc1-c1ccccc1-c1nc2cc(C(=O)N[C@@H]3CO[C@H]4[C@@H]3OC[C@H]4O)ccn2c1C. The molecule has 0 unspecified atom stereocenters. The van der Waals surface area contributed by atoms with Crippen LogP contribution < -0.4 is 5.32 Å². The van der Waals surface area contributed by atoms with Crippen molar-refractivity contribution in [1.82, 2.24) is 24.5 Å². The summed E-state index contributed by atoms with van der Waals surface area (Å²) in [5.41, 5.74) is 7.15. The number of hydrogen-bond donors (Lipinski definition) is 2. The van der Waals surface area contributed by atoms with Crippen LogP contribution >= 0.6 is 0 Å². The van der Waals surface area contributed by atoms with Crippen LogP contribution in [0.1, 0.15) is 21.7 Å². The predicted octanol–water partition coefficient (Wildman–Crippen LogP) is 2.28. The number of aliphatic hydroxyl groups is 1. The second kappa shape index (κ2) is 8.30. The molecule has 4 aromatic rings. The summed E-state index contributed by atoms with van der Waals surface area (Å²) in [5.74, 6) is -0.222. The van der Waals surface area contributed by atoms with Crippen molar-refractivity contribution in [1.29, 1.82) is 0 Å². The van der Waals surface area contributed by atoms with Gasteiger partial charge in [0.1, 0.15) is 24.0 Å². The number of fused-ring (bicyclic) bond motifs is 2. The molecule has 2 fully saturated rings. The van der Waals surface area contributed by atoms with E-state index in [-0.39, 0.29) is 30.8 Å². The van der Waals surface area contributed by atoms with Crippen molar-refractivity contribution in [3.05, 3.63) is 65.7 Å². The summed E-state index contributed by atoms with van der Waals surface area (Å²) in [6, 6.07) is 11.5. The van der Waals surface area contributed by atoms with Gasteiger partial charge < -0.3 is 24.3 Å². The first-order valence-corrected chi connectivity index (χ1v) is 11.7. The lowest BCUT2D eigenvalue weighted by Gasteiger charge is -2.17. The van der Waals surface area contributed by atoms with Crippen molar-refractivity contribution in [2.45, 2.75) is 38.2 Å². The third-order valence-electron chi connectivity index (χ3n) is 6.96. The van der Waals surface area contributed by atoms with Crippen LogP contribution in [0.15, 0.2) is 48.8 Å². The molecule has 2 aliphatic heterocycles. The first kappa shape index (κ1) is 22.0. The number of nitrogens with one attached hydrogen (secondary N) is 1. The molecule has 2 aliphatic rings. The minimum absolute atomic E-state index is 0.222. The van der Waals surface area contributed by atoms with E-state index in [0.29, 0.717) is 17.8 Å². The number of ether oxygens (including phenoxy) is 2. The second-order valence-corrected chi connectivity index (χ2v) is 9.28. The Labute approximate surface area is 202 Å². The minimum Gasteiger partial charge on any atom is -0.388 e. The summed E-state index contributed by atoms with van der Waals surface area (Å²) >= 11 is 0. The van der Waals surface area contributed by atoms with Crippen LogP contribution in [-0.4, -0.2) is 67.7 Å². The number of rotatable bonds is 4. The molecule has 180 valence electrons. The zero-order chi connectivity index (χ0) is 24.3. The zero-order valence-corrected chi connectivity index (χ0v) is 19.8. The van der Waals surface area contributed by atoms with E-state index < -0.39 is 6.10 Å². The van der Waals surface area contributed by atoms with Crippen LogP contribution in [0.25, 0.3) is 28.0 Å². The number of nitrogens with zero attached hydrogens (tertiary/aromatic N) is 4. The number of carbonyl (C=O) groups is 1. The highest BCUT2D eigenvalue weighted by Gasteiger charge is 2.47. The molecule has 6 rings (SSSR count). The first-order chi connectivity index (χ1) is 16.9. The van der Waals surface area contributed by atoms with Gasteiger partial charge in [-0.1, -0.05) is 24.3 Å². The molecule has 5 heterocycles. The summed E-state index contributed by atoms with van der Waals surface area (Å²) < 4.78 is 15.1. The molecule has 3 aromatic heterocycles. The van der Waals surface area contributed by atoms with E-state index in [1.165, 1.54) is 0 Å². The van der Waals surface area contributed by atoms with Gasteiger partial charge in [0.2, 0.25) is 0 Å². The molecule has 0 spiro atoms. The number of hydrogen-bond acceptors (Lipinski definition) is 6. The van der Waals surface area contributed by atoms with E-state index in [2.05, 4.69) is 22.5 Å². The predicted molar refractivity (Wildman–Crippen MR) is 129 cm³/mol. The van der Waals surface area contributed by atoms with Crippen LogP contribution in [0.3, 0.4) is 0 Å². The number of pyridine rings is 1. The molecular weight excluding hydrogens is 446 g/mol. The number of aromatic nitrogens is 4. The van der Waals surface area contributed by atoms with Crippen molar-refractivity contribution < 1.29 is 19.4 Å². The van der Waals surface area contributed by atoms with Crippen molar-refractivity contribution >= 4 is 11.6 Å². The van der Waals surface area contributed by atoms with Gasteiger partial charge in [-0.3, -0.25) is 9.48 Å². The highest BCUT2D eigenvalue weighted by Crippen LogP contribution is 2.35. The number of imidazole rings is 1. The second-order valence-electron chi connectivity index (χ2n) is 9.28. The van der Waals surface area contributed by atoms with Crippen LogP contribution in [0.2, 0.25) is 0 Å². The van der Waals surface area contributed by atoms with Gasteiger partial charge >= 0.3 is 0 Å². The van der Waals surface area contributed by atoms with Crippen LogP contribution in [-0.2, 0) is 16.5 Å². The molecule has 1 amide bonds. The topological polar surface area (TPSA) is 103 Å². The smallest absolute Gasteiger partial charge is 0.251 e. The Morgan fingerprint density at radius 2 is 1.86 bits per heavy atom. The van der Waals surface area contributed by atoms with Crippen molar-refractivity contribution in [3.63, 3.8) is 0 Å². The lowest BCUT2D eigenvalue weighted by molar-refractivity contribution is 0.0178. The van der Waals surface area contributed by atoms with Gasteiger partial charge in [0.15, 0.2) is 0 Å². The van der Waals surface area contributed by atoms with Crippen LogP contribution in [0.4, 0.5) is 0 Å². The number of aliphatic hydroxyl groups excluding tert-OH is 1. The summed E-state index contributed by atoms with van der Waals surface area (Å²) in [7, 11) is 1.92. The molecule has 2 N–H and O–H groups in total. The average Bonchev–Trinajstić information content (AvgIpc) is 3.59. The summed E-state index contributed by atoms with van der Waals surface area (Å²) in [6.45, 7) is 4.57. The molecule has 2 saturated heterocycles. The largest absolute Gasteiger partial charge is 0.388 e. The molecule has 0 radical (unpaired) electrons. The number of benzene rings is 1. The lowest BCUT2D eigenvalue weighted by Crippen LogP contribution is -2.44. The van der Waals surface area contributed by atoms with E-state index in [0.717, 1.165) is 33.8 Å². The Balaban J connectivity index is 1.32. The maximum absolute atomic E-state index is 13.0. The number of carbonyl (C=O) groups excluding carboxylic acids is 1. The fourth-order valence-electron chi connectivity index (χ4n) is 5.21. The molecule has 9 nitrogen and oxygen atoms in total. The Kier molecular flexibility index (Phi) is 5.21. The third-order valence-corrected chi connectivity index (χ3v) is 6.96. The lowest BCUT2D eigenvalue weighted by atomic mass is 9.97. The molecule has 9 heteroatoms. The Morgan fingerprint density at radius 1 is 1.09 bits per heavy atom. The summed E-state index contributed by atoms with van der Waals surface area (Å²) in [5, 5.41) is 17.4.